The van der Waals surface area contributed by atoms with Gasteiger partial charge in [0.1, 0.15) is 5.82 Å². The van der Waals surface area contributed by atoms with Crippen LogP contribution in [0.25, 0.3) is 0 Å². The van der Waals surface area contributed by atoms with Crippen LogP contribution in [0.15, 0.2) is 79.4 Å². The first-order chi connectivity index (χ1) is 15.5. The van der Waals surface area contributed by atoms with Crippen LogP contribution in [-0.4, -0.2) is 25.3 Å². The number of nitrogens with zero attached hydrogens (tertiary/aromatic N) is 4. The molecule has 1 amide bonds. The molecule has 4 aromatic rings. The van der Waals surface area contributed by atoms with Crippen molar-refractivity contribution in [3.05, 3.63) is 119 Å². The van der Waals surface area contributed by atoms with Crippen LogP contribution in [-0.2, 0) is 19.6 Å². The van der Waals surface area contributed by atoms with Crippen LogP contribution < -0.4 is 0 Å². The van der Waals surface area contributed by atoms with E-state index in [1.165, 1.54) is 6.07 Å². The second kappa shape index (κ2) is 9.70. The summed E-state index contributed by atoms with van der Waals surface area (Å²) in [4.78, 5) is 23.4. The molecule has 0 fully saturated rings. The van der Waals surface area contributed by atoms with Gasteiger partial charge in [-0.25, -0.2) is 13.8 Å². The van der Waals surface area contributed by atoms with E-state index in [9.17, 15) is 13.6 Å². The molecular weight excluding hydrogens is 434 g/mol. The summed E-state index contributed by atoms with van der Waals surface area (Å²) in [5, 5.41) is 0.544. The van der Waals surface area contributed by atoms with Gasteiger partial charge >= 0.3 is 0 Å². The van der Waals surface area contributed by atoms with E-state index in [0.717, 1.165) is 17.7 Å². The van der Waals surface area contributed by atoms with Gasteiger partial charge in [0, 0.05) is 48.5 Å². The van der Waals surface area contributed by atoms with Crippen LogP contribution in [0, 0.1) is 11.6 Å². The predicted octanol–water partition coefficient (Wildman–Crippen LogP) is 5.10. The molecule has 0 aliphatic carbocycles. The summed E-state index contributed by atoms with van der Waals surface area (Å²) in [5.41, 5.74) is 1.96. The van der Waals surface area contributed by atoms with Crippen LogP contribution >= 0.6 is 11.6 Å². The molecule has 2 heterocycles. The average Bonchev–Trinajstić information content (AvgIpc) is 3.23. The van der Waals surface area contributed by atoms with Gasteiger partial charge in [-0.2, -0.15) is 0 Å². The first kappa shape index (κ1) is 21.6. The van der Waals surface area contributed by atoms with Crippen LogP contribution in [0.2, 0.25) is 5.02 Å². The van der Waals surface area contributed by atoms with Gasteiger partial charge in [0.05, 0.1) is 6.54 Å². The fraction of sp³-hybridized carbons (Fsp3) is 0.125. The van der Waals surface area contributed by atoms with Crippen molar-refractivity contribution in [2.45, 2.75) is 19.6 Å². The third kappa shape index (κ3) is 5.18. The molecule has 162 valence electrons. The van der Waals surface area contributed by atoms with Gasteiger partial charge in [-0.15, -0.1) is 0 Å². The maximum atomic E-state index is 13.6. The summed E-state index contributed by atoms with van der Waals surface area (Å²) >= 11 is 5.96. The molecule has 0 saturated heterocycles. The summed E-state index contributed by atoms with van der Waals surface area (Å²) < 4.78 is 28.7. The number of carbonyl (C=O) groups excluding carboxylic acids is 1. The van der Waals surface area contributed by atoms with E-state index in [4.69, 9.17) is 11.6 Å². The molecule has 0 spiro atoms. The van der Waals surface area contributed by atoms with E-state index in [0.29, 0.717) is 35.1 Å². The molecule has 8 heteroatoms. The van der Waals surface area contributed by atoms with Crippen molar-refractivity contribution < 1.29 is 13.6 Å². The average molecular weight is 453 g/mol. The highest BCUT2D eigenvalue weighted by molar-refractivity contribution is 6.30. The fourth-order valence-corrected chi connectivity index (χ4v) is 3.45. The van der Waals surface area contributed by atoms with E-state index >= 15 is 0 Å². The van der Waals surface area contributed by atoms with Gasteiger partial charge in [0.25, 0.3) is 5.91 Å². The highest BCUT2D eigenvalue weighted by atomic mass is 35.5. The molecule has 5 nitrogen and oxygen atoms in total. The molecule has 0 atom stereocenters. The Bertz CT molecular complexity index is 1210. The van der Waals surface area contributed by atoms with E-state index in [1.807, 2.05) is 12.1 Å². The summed E-state index contributed by atoms with van der Waals surface area (Å²) in [7, 11) is 0. The lowest BCUT2D eigenvalue weighted by Crippen LogP contribution is -2.31. The zero-order valence-corrected chi connectivity index (χ0v) is 17.7. The molecular formula is C24H19ClF2N4O. The number of rotatable bonds is 7. The SMILES string of the molecule is O=C(c1ccc(Cl)cc1)N(Cc1cccnc1)Cc1nccn1Cc1ccc(F)c(F)c1. The maximum absolute atomic E-state index is 13.6. The zero-order valence-electron chi connectivity index (χ0n) is 17.0. The second-order valence-corrected chi connectivity index (χ2v) is 7.69. The fourth-order valence-electron chi connectivity index (χ4n) is 3.33. The van der Waals surface area contributed by atoms with E-state index in [1.54, 1.807) is 58.5 Å². The van der Waals surface area contributed by atoms with Crippen molar-refractivity contribution in [1.29, 1.82) is 0 Å². The van der Waals surface area contributed by atoms with Crippen molar-refractivity contribution in [3.8, 4) is 0 Å². The lowest BCUT2D eigenvalue weighted by molar-refractivity contribution is 0.0723. The Morgan fingerprint density at radius 3 is 2.50 bits per heavy atom. The lowest BCUT2D eigenvalue weighted by atomic mass is 10.1. The van der Waals surface area contributed by atoms with Crippen molar-refractivity contribution >= 4 is 17.5 Å². The number of pyridine rings is 1. The van der Waals surface area contributed by atoms with Crippen molar-refractivity contribution in [2.75, 3.05) is 0 Å². The maximum Gasteiger partial charge on any atom is 0.254 e. The minimum absolute atomic E-state index is 0.187. The third-order valence-corrected chi connectivity index (χ3v) is 5.20. The number of hydrogen-bond acceptors (Lipinski definition) is 3. The van der Waals surface area contributed by atoms with Gasteiger partial charge in [0.15, 0.2) is 11.6 Å². The highest BCUT2D eigenvalue weighted by Crippen LogP contribution is 2.17. The Kier molecular flexibility index (Phi) is 6.56. The first-order valence-corrected chi connectivity index (χ1v) is 10.2. The lowest BCUT2D eigenvalue weighted by Gasteiger charge is -2.23. The molecule has 0 unspecified atom stereocenters. The number of aromatic nitrogens is 3. The van der Waals surface area contributed by atoms with Crippen LogP contribution in [0.1, 0.15) is 27.3 Å². The quantitative estimate of drug-likeness (QED) is 0.392. The Hall–Kier alpha value is -3.58. The molecule has 0 N–H and O–H groups in total. The number of hydrogen-bond donors (Lipinski definition) is 0. The van der Waals surface area contributed by atoms with Gasteiger partial charge < -0.3 is 9.47 Å². The summed E-state index contributed by atoms with van der Waals surface area (Å²) in [6, 6.07) is 14.2. The predicted molar refractivity (Wildman–Crippen MR) is 117 cm³/mol. The summed E-state index contributed by atoms with van der Waals surface area (Å²) in [5.74, 6) is -1.37. The van der Waals surface area contributed by atoms with Crippen molar-refractivity contribution in [1.82, 2.24) is 19.4 Å². The standard InChI is InChI=1S/C24H19ClF2N4O/c25-20-6-4-19(5-7-20)24(32)31(15-18-2-1-9-28-13-18)16-23-29-10-11-30(23)14-17-3-8-21(26)22(27)12-17/h1-13H,14-16H2. The normalized spacial score (nSPS) is 10.8. The Labute approximate surface area is 188 Å². The minimum Gasteiger partial charge on any atom is -0.329 e. The van der Waals surface area contributed by atoms with Crippen molar-refractivity contribution in [3.63, 3.8) is 0 Å². The number of amides is 1. The van der Waals surface area contributed by atoms with E-state index < -0.39 is 11.6 Å². The molecule has 0 bridgehead atoms. The highest BCUT2D eigenvalue weighted by Gasteiger charge is 2.19. The van der Waals surface area contributed by atoms with Crippen molar-refractivity contribution in [2.24, 2.45) is 0 Å². The van der Waals surface area contributed by atoms with Gasteiger partial charge in [0.2, 0.25) is 0 Å². The first-order valence-electron chi connectivity index (χ1n) is 9.87. The molecule has 2 aromatic carbocycles. The number of benzene rings is 2. The van der Waals surface area contributed by atoms with Gasteiger partial charge in [-0.05, 0) is 53.6 Å². The van der Waals surface area contributed by atoms with E-state index in [-0.39, 0.29) is 12.5 Å². The number of carbonyl (C=O) groups is 1. The molecule has 0 saturated carbocycles. The van der Waals surface area contributed by atoms with Crippen LogP contribution in [0.4, 0.5) is 8.78 Å². The largest absolute Gasteiger partial charge is 0.329 e. The van der Waals surface area contributed by atoms with Crippen LogP contribution in [0.5, 0.6) is 0 Å². The molecule has 0 aliphatic heterocycles. The Morgan fingerprint density at radius 2 is 1.78 bits per heavy atom. The topological polar surface area (TPSA) is 51.0 Å². The van der Waals surface area contributed by atoms with Gasteiger partial charge in [-0.3, -0.25) is 9.78 Å². The molecule has 0 aliphatic rings. The summed E-state index contributed by atoms with van der Waals surface area (Å²) in [6.07, 6.45) is 6.73. The monoisotopic (exact) mass is 452 g/mol. The smallest absolute Gasteiger partial charge is 0.254 e. The Morgan fingerprint density at radius 1 is 0.969 bits per heavy atom. The van der Waals surface area contributed by atoms with E-state index in [2.05, 4.69) is 9.97 Å². The van der Waals surface area contributed by atoms with Crippen LogP contribution in [0.3, 0.4) is 0 Å². The molecule has 4 rings (SSSR count). The molecule has 32 heavy (non-hydrogen) atoms. The number of imidazole rings is 1. The minimum atomic E-state index is -0.903. The zero-order chi connectivity index (χ0) is 22.5. The molecule has 0 radical (unpaired) electrons. The molecule has 2 aromatic heterocycles. The van der Waals surface area contributed by atoms with Gasteiger partial charge in [-0.1, -0.05) is 23.7 Å². The third-order valence-electron chi connectivity index (χ3n) is 4.95. The number of halogens is 3. The Balaban J connectivity index is 1.59. The second-order valence-electron chi connectivity index (χ2n) is 7.25. The summed E-state index contributed by atoms with van der Waals surface area (Å²) in [6.45, 7) is 0.836.